The van der Waals surface area contributed by atoms with Gasteiger partial charge >= 0.3 is 0 Å². The third kappa shape index (κ3) is 2.06. The van der Waals surface area contributed by atoms with Crippen LogP contribution in [-0.4, -0.2) is 42.0 Å². The molecule has 1 aliphatic heterocycles. The first kappa shape index (κ1) is 12.3. The second-order valence-corrected chi connectivity index (χ2v) is 5.46. The summed E-state index contributed by atoms with van der Waals surface area (Å²) in [5, 5.41) is 10.6. The minimum absolute atomic E-state index is 0.198. The SMILES string of the molecule is CN1CCN(c2ccc([N+](=O)[O-])cc2F)CC12CC2. The van der Waals surface area contributed by atoms with Crippen LogP contribution in [0.4, 0.5) is 15.8 Å². The van der Waals surface area contributed by atoms with Crippen LogP contribution >= 0.6 is 0 Å². The molecule has 0 unspecified atom stereocenters. The van der Waals surface area contributed by atoms with Crippen LogP contribution in [-0.2, 0) is 0 Å². The highest BCUT2D eigenvalue weighted by atomic mass is 19.1. The van der Waals surface area contributed by atoms with Crippen LogP contribution in [0.25, 0.3) is 0 Å². The first-order valence-electron chi connectivity index (χ1n) is 6.42. The summed E-state index contributed by atoms with van der Waals surface area (Å²) in [5.74, 6) is -0.505. The summed E-state index contributed by atoms with van der Waals surface area (Å²) in [6, 6.07) is 3.90. The van der Waals surface area contributed by atoms with Crippen molar-refractivity contribution in [2.24, 2.45) is 0 Å². The van der Waals surface area contributed by atoms with E-state index < -0.39 is 10.7 Å². The van der Waals surface area contributed by atoms with Crippen molar-refractivity contribution in [3.63, 3.8) is 0 Å². The van der Waals surface area contributed by atoms with E-state index in [0.717, 1.165) is 38.5 Å². The molecule has 19 heavy (non-hydrogen) atoms. The van der Waals surface area contributed by atoms with Crippen LogP contribution < -0.4 is 4.90 Å². The maximum Gasteiger partial charge on any atom is 0.272 e. The Kier molecular flexibility index (Phi) is 2.70. The molecule has 0 N–H and O–H groups in total. The second kappa shape index (κ2) is 4.16. The van der Waals surface area contributed by atoms with Gasteiger partial charge in [0.25, 0.3) is 5.69 Å². The molecule has 0 bridgehead atoms. The molecule has 1 aliphatic carbocycles. The molecule has 1 saturated carbocycles. The highest BCUT2D eigenvalue weighted by Crippen LogP contribution is 2.44. The number of hydrogen-bond donors (Lipinski definition) is 0. The van der Waals surface area contributed by atoms with Crippen LogP contribution in [0.1, 0.15) is 12.8 Å². The van der Waals surface area contributed by atoms with Gasteiger partial charge in [0.05, 0.1) is 16.7 Å². The maximum atomic E-state index is 14.0. The Morgan fingerprint density at radius 2 is 2.11 bits per heavy atom. The lowest BCUT2D eigenvalue weighted by atomic mass is 10.1. The molecular formula is C13H16FN3O2. The predicted octanol–water partition coefficient (Wildman–Crippen LogP) is 2.02. The fraction of sp³-hybridized carbons (Fsp3) is 0.538. The molecule has 102 valence electrons. The Morgan fingerprint density at radius 3 is 2.68 bits per heavy atom. The van der Waals surface area contributed by atoms with Gasteiger partial charge in [-0.1, -0.05) is 0 Å². The second-order valence-electron chi connectivity index (χ2n) is 5.46. The summed E-state index contributed by atoms with van der Waals surface area (Å²) in [5.41, 5.74) is 0.480. The molecule has 2 fully saturated rings. The third-order valence-electron chi connectivity index (χ3n) is 4.31. The van der Waals surface area contributed by atoms with Gasteiger partial charge in [-0.25, -0.2) is 4.39 Å². The summed E-state index contributed by atoms with van der Waals surface area (Å²) in [4.78, 5) is 14.4. The van der Waals surface area contributed by atoms with Gasteiger partial charge in [-0.3, -0.25) is 15.0 Å². The highest BCUT2D eigenvalue weighted by Gasteiger charge is 2.49. The number of piperazine rings is 1. The van der Waals surface area contributed by atoms with E-state index in [1.807, 2.05) is 4.90 Å². The van der Waals surface area contributed by atoms with Crippen molar-refractivity contribution in [3.05, 3.63) is 34.1 Å². The molecule has 0 radical (unpaired) electrons. The molecule has 1 aromatic rings. The van der Waals surface area contributed by atoms with Gasteiger partial charge < -0.3 is 4.90 Å². The number of hydrogen-bond acceptors (Lipinski definition) is 4. The smallest absolute Gasteiger partial charge is 0.272 e. The number of non-ortho nitro benzene ring substituents is 1. The maximum absolute atomic E-state index is 14.0. The van der Waals surface area contributed by atoms with Gasteiger partial charge in [0.15, 0.2) is 5.82 Å². The van der Waals surface area contributed by atoms with E-state index >= 15 is 0 Å². The monoisotopic (exact) mass is 265 g/mol. The summed E-state index contributed by atoms with van der Waals surface area (Å²) in [6.45, 7) is 2.46. The summed E-state index contributed by atoms with van der Waals surface area (Å²) >= 11 is 0. The van der Waals surface area contributed by atoms with Crippen LogP contribution in [0.15, 0.2) is 18.2 Å². The van der Waals surface area contributed by atoms with E-state index in [2.05, 4.69) is 11.9 Å². The highest BCUT2D eigenvalue weighted by molar-refractivity contribution is 5.53. The van der Waals surface area contributed by atoms with Crippen molar-refractivity contribution in [3.8, 4) is 0 Å². The standard InChI is InChI=1S/C13H16FN3O2/c1-15-6-7-16(9-13(15)4-5-13)12-3-2-10(17(18)19)8-11(12)14/h2-3,8H,4-7,9H2,1H3. The fourth-order valence-corrected chi connectivity index (χ4v) is 2.82. The minimum atomic E-state index is -0.570. The summed E-state index contributed by atoms with van der Waals surface area (Å²) in [6.07, 6.45) is 2.29. The molecule has 0 atom stereocenters. The summed E-state index contributed by atoms with van der Waals surface area (Å²) < 4.78 is 14.0. The average Bonchev–Trinajstić information content (AvgIpc) is 3.14. The number of likely N-dealkylation sites (N-methyl/N-ethyl adjacent to an activating group) is 1. The van der Waals surface area contributed by atoms with E-state index in [1.165, 1.54) is 12.1 Å². The first-order valence-corrected chi connectivity index (χ1v) is 6.42. The number of nitrogens with zero attached hydrogens (tertiary/aromatic N) is 3. The van der Waals surface area contributed by atoms with Crippen LogP contribution in [0.2, 0.25) is 0 Å². The molecule has 1 heterocycles. The molecule has 1 spiro atoms. The Balaban J connectivity index is 1.85. The number of anilines is 1. The summed E-state index contributed by atoms with van der Waals surface area (Å²) in [7, 11) is 2.11. The van der Waals surface area contributed by atoms with Gasteiger partial charge in [0.2, 0.25) is 0 Å². The lowest BCUT2D eigenvalue weighted by Gasteiger charge is -2.41. The van der Waals surface area contributed by atoms with E-state index in [0.29, 0.717) is 5.69 Å². The predicted molar refractivity (Wildman–Crippen MR) is 69.9 cm³/mol. The molecular weight excluding hydrogens is 249 g/mol. The average molecular weight is 265 g/mol. The van der Waals surface area contributed by atoms with E-state index in [4.69, 9.17) is 0 Å². The van der Waals surface area contributed by atoms with Gasteiger partial charge in [0, 0.05) is 31.2 Å². The third-order valence-corrected chi connectivity index (χ3v) is 4.31. The van der Waals surface area contributed by atoms with Gasteiger partial charge in [-0.2, -0.15) is 0 Å². The quantitative estimate of drug-likeness (QED) is 0.606. The largest absolute Gasteiger partial charge is 0.366 e. The zero-order valence-electron chi connectivity index (χ0n) is 10.8. The van der Waals surface area contributed by atoms with Crippen LogP contribution in [0, 0.1) is 15.9 Å². The molecule has 0 amide bonds. The van der Waals surface area contributed by atoms with Crippen LogP contribution in [0.3, 0.4) is 0 Å². The van der Waals surface area contributed by atoms with Gasteiger partial charge in [0.1, 0.15) is 0 Å². The minimum Gasteiger partial charge on any atom is -0.366 e. The van der Waals surface area contributed by atoms with E-state index in [9.17, 15) is 14.5 Å². The van der Waals surface area contributed by atoms with Gasteiger partial charge in [-0.05, 0) is 26.0 Å². The molecule has 3 rings (SSSR count). The molecule has 6 heteroatoms. The lowest BCUT2D eigenvalue weighted by Crippen LogP contribution is -2.53. The molecule has 1 saturated heterocycles. The van der Waals surface area contributed by atoms with Crippen molar-refractivity contribution < 1.29 is 9.31 Å². The molecule has 5 nitrogen and oxygen atoms in total. The van der Waals surface area contributed by atoms with E-state index in [1.54, 1.807) is 0 Å². The number of rotatable bonds is 2. The fourth-order valence-electron chi connectivity index (χ4n) is 2.82. The zero-order chi connectivity index (χ0) is 13.6. The number of nitro benzene ring substituents is 1. The van der Waals surface area contributed by atoms with Crippen LogP contribution in [0.5, 0.6) is 0 Å². The van der Waals surface area contributed by atoms with Crippen molar-refractivity contribution in [2.45, 2.75) is 18.4 Å². The topological polar surface area (TPSA) is 49.6 Å². The number of benzene rings is 1. The molecule has 0 aromatic heterocycles. The Hall–Kier alpha value is -1.69. The van der Waals surface area contributed by atoms with Crippen molar-refractivity contribution in [2.75, 3.05) is 31.6 Å². The van der Waals surface area contributed by atoms with Crippen molar-refractivity contribution in [1.29, 1.82) is 0 Å². The zero-order valence-corrected chi connectivity index (χ0v) is 10.8. The number of nitro groups is 1. The Labute approximate surface area is 110 Å². The Morgan fingerprint density at radius 1 is 1.37 bits per heavy atom. The first-order chi connectivity index (χ1) is 9.02. The normalized spacial score (nSPS) is 21.7. The Bertz CT molecular complexity index is 531. The van der Waals surface area contributed by atoms with Crippen molar-refractivity contribution >= 4 is 11.4 Å². The van der Waals surface area contributed by atoms with Gasteiger partial charge in [-0.15, -0.1) is 0 Å². The number of halogens is 1. The van der Waals surface area contributed by atoms with Crippen molar-refractivity contribution in [1.82, 2.24) is 4.90 Å². The lowest BCUT2D eigenvalue weighted by molar-refractivity contribution is -0.385. The molecule has 1 aromatic carbocycles. The molecule has 2 aliphatic rings. The van der Waals surface area contributed by atoms with E-state index in [-0.39, 0.29) is 11.2 Å².